The van der Waals surface area contributed by atoms with E-state index in [0.29, 0.717) is 11.3 Å². The summed E-state index contributed by atoms with van der Waals surface area (Å²) in [5.41, 5.74) is 1.37. The average molecular weight is 301 g/mol. The Morgan fingerprint density at radius 2 is 1.95 bits per heavy atom. The molecule has 0 saturated carbocycles. The van der Waals surface area contributed by atoms with E-state index in [9.17, 15) is 18.0 Å². The molecule has 0 atom stereocenters. The summed E-state index contributed by atoms with van der Waals surface area (Å²) in [6.45, 7) is 1.35. The molecule has 0 bridgehead atoms. The Balaban J connectivity index is 2.79. The van der Waals surface area contributed by atoms with E-state index in [1.807, 2.05) is 0 Å². The smallest absolute Gasteiger partial charge is 0.390 e. The van der Waals surface area contributed by atoms with Gasteiger partial charge in [-0.05, 0) is 18.6 Å². The zero-order valence-electron chi connectivity index (χ0n) is 12.2. The van der Waals surface area contributed by atoms with E-state index >= 15 is 0 Å². The van der Waals surface area contributed by atoms with E-state index in [4.69, 9.17) is 4.74 Å². The van der Waals surface area contributed by atoms with Gasteiger partial charge >= 0.3 is 6.18 Å². The van der Waals surface area contributed by atoms with Gasteiger partial charge in [-0.2, -0.15) is 13.2 Å². The molecule has 1 aromatic carbocycles. The van der Waals surface area contributed by atoms with Gasteiger partial charge in [-0.1, -0.05) is 18.2 Å². The topological polar surface area (TPSA) is 29.5 Å². The van der Waals surface area contributed by atoms with Crippen LogP contribution in [0.25, 0.3) is 5.57 Å². The summed E-state index contributed by atoms with van der Waals surface area (Å²) in [7, 11) is 2.86. The fourth-order valence-electron chi connectivity index (χ4n) is 1.75. The molecule has 1 amide bonds. The minimum atomic E-state index is -4.27. The maximum absolute atomic E-state index is 12.1. The number of para-hydroxylation sites is 1. The van der Waals surface area contributed by atoms with Gasteiger partial charge < -0.3 is 9.64 Å². The number of hydrogen-bond donors (Lipinski definition) is 0. The van der Waals surface area contributed by atoms with Crippen molar-refractivity contribution in [3.05, 3.63) is 35.9 Å². The molecule has 1 aromatic rings. The Hall–Kier alpha value is -1.98. The number of carbonyl (C=O) groups excluding carboxylic acids is 1. The fraction of sp³-hybridized carbons (Fsp3) is 0.400. The molecule has 1 rings (SSSR count). The molecule has 0 aromatic heterocycles. The molecule has 0 spiro atoms. The van der Waals surface area contributed by atoms with Gasteiger partial charge in [-0.25, -0.2) is 0 Å². The number of nitrogens with zero attached hydrogens (tertiary/aromatic N) is 1. The van der Waals surface area contributed by atoms with Gasteiger partial charge in [-0.3, -0.25) is 4.79 Å². The second kappa shape index (κ2) is 7.15. The van der Waals surface area contributed by atoms with Crippen molar-refractivity contribution in [2.24, 2.45) is 0 Å². The van der Waals surface area contributed by atoms with Crippen LogP contribution in [0.1, 0.15) is 18.9 Å². The zero-order valence-corrected chi connectivity index (χ0v) is 12.2. The van der Waals surface area contributed by atoms with E-state index in [1.165, 1.54) is 20.2 Å². The Morgan fingerprint density at radius 3 is 2.52 bits per heavy atom. The molecule has 0 saturated heterocycles. The van der Waals surface area contributed by atoms with Crippen LogP contribution in [0.3, 0.4) is 0 Å². The second-order valence-electron chi connectivity index (χ2n) is 4.65. The molecule has 116 valence electrons. The predicted octanol–water partition coefficient (Wildman–Crippen LogP) is 3.51. The number of benzene rings is 1. The highest BCUT2D eigenvalue weighted by molar-refractivity contribution is 5.95. The molecule has 3 nitrogen and oxygen atoms in total. The van der Waals surface area contributed by atoms with Gasteiger partial charge in [-0.15, -0.1) is 0 Å². The molecule has 0 N–H and O–H groups in total. The zero-order chi connectivity index (χ0) is 16.0. The van der Waals surface area contributed by atoms with Crippen molar-refractivity contribution in [1.82, 2.24) is 4.90 Å². The van der Waals surface area contributed by atoms with Crippen LogP contribution >= 0.6 is 0 Å². The first-order valence-corrected chi connectivity index (χ1v) is 6.38. The molecule has 0 aliphatic rings. The molecular weight excluding hydrogens is 283 g/mol. The van der Waals surface area contributed by atoms with E-state index in [2.05, 4.69) is 0 Å². The second-order valence-corrected chi connectivity index (χ2v) is 4.65. The van der Waals surface area contributed by atoms with Gasteiger partial charge in [0.15, 0.2) is 0 Å². The number of rotatable bonds is 5. The number of ether oxygens (including phenoxy) is 1. The first kappa shape index (κ1) is 17.1. The van der Waals surface area contributed by atoms with E-state index < -0.39 is 18.5 Å². The van der Waals surface area contributed by atoms with Crippen molar-refractivity contribution in [1.29, 1.82) is 0 Å². The summed E-state index contributed by atoms with van der Waals surface area (Å²) in [4.78, 5) is 12.9. The van der Waals surface area contributed by atoms with Crippen molar-refractivity contribution in [3.63, 3.8) is 0 Å². The Kier molecular flexibility index (Phi) is 5.81. The fourth-order valence-corrected chi connectivity index (χ4v) is 1.75. The SMILES string of the molecule is COc1ccccc1/C(C)=C/C(=O)N(C)CCC(F)(F)F. The third-order valence-corrected chi connectivity index (χ3v) is 2.98. The first-order chi connectivity index (χ1) is 9.74. The standard InChI is InChI=1S/C15H18F3NO2/c1-11(12-6-4-5-7-13(12)21-3)10-14(20)19(2)9-8-15(16,17)18/h4-7,10H,8-9H2,1-3H3/b11-10+. The van der Waals surface area contributed by atoms with Crippen LogP contribution in [0.4, 0.5) is 13.2 Å². The molecular formula is C15H18F3NO2. The highest BCUT2D eigenvalue weighted by atomic mass is 19.4. The Labute approximate surface area is 122 Å². The van der Waals surface area contributed by atoms with Crippen LogP contribution in [0.15, 0.2) is 30.3 Å². The van der Waals surface area contributed by atoms with Crippen LogP contribution in [0.5, 0.6) is 5.75 Å². The van der Waals surface area contributed by atoms with Crippen LogP contribution in [-0.2, 0) is 4.79 Å². The Bertz CT molecular complexity index is 524. The van der Waals surface area contributed by atoms with Crippen LogP contribution in [0, 0.1) is 0 Å². The number of allylic oxidation sites excluding steroid dienone is 1. The lowest BCUT2D eigenvalue weighted by Gasteiger charge is -2.17. The molecule has 21 heavy (non-hydrogen) atoms. The average Bonchev–Trinajstić information content (AvgIpc) is 2.43. The summed E-state index contributed by atoms with van der Waals surface area (Å²) in [5, 5.41) is 0. The molecule has 0 aliphatic heterocycles. The summed E-state index contributed by atoms with van der Waals surface area (Å²) in [6, 6.07) is 7.14. The van der Waals surface area contributed by atoms with Crippen LogP contribution in [0.2, 0.25) is 0 Å². The molecule has 0 unspecified atom stereocenters. The van der Waals surface area contributed by atoms with Gasteiger partial charge in [0.1, 0.15) is 5.75 Å². The van der Waals surface area contributed by atoms with Gasteiger partial charge in [0.05, 0.1) is 13.5 Å². The Morgan fingerprint density at radius 1 is 1.33 bits per heavy atom. The van der Waals surface area contributed by atoms with Crippen molar-refractivity contribution in [3.8, 4) is 5.75 Å². The summed E-state index contributed by atoms with van der Waals surface area (Å²) in [6.07, 6.45) is -3.97. The highest BCUT2D eigenvalue weighted by Gasteiger charge is 2.27. The maximum Gasteiger partial charge on any atom is 0.390 e. The third-order valence-electron chi connectivity index (χ3n) is 2.98. The monoisotopic (exact) mass is 301 g/mol. The van der Waals surface area contributed by atoms with E-state index in [1.54, 1.807) is 31.2 Å². The lowest BCUT2D eigenvalue weighted by Crippen LogP contribution is -2.29. The van der Waals surface area contributed by atoms with Crippen LogP contribution in [-0.4, -0.2) is 37.7 Å². The number of alkyl halides is 3. The number of amides is 1. The molecule has 6 heteroatoms. The van der Waals surface area contributed by atoms with E-state index in [-0.39, 0.29) is 6.54 Å². The van der Waals surface area contributed by atoms with Gasteiger partial charge in [0.2, 0.25) is 5.91 Å². The molecule has 0 fully saturated rings. The van der Waals surface area contributed by atoms with Gasteiger partial charge in [0, 0.05) is 25.2 Å². The predicted molar refractivity (Wildman–Crippen MR) is 75.0 cm³/mol. The van der Waals surface area contributed by atoms with Crippen molar-refractivity contribution in [2.45, 2.75) is 19.5 Å². The van der Waals surface area contributed by atoms with E-state index in [0.717, 1.165) is 10.5 Å². The molecule has 0 aliphatic carbocycles. The quantitative estimate of drug-likeness (QED) is 0.779. The first-order valence-electron chi connectivity index (χ1n) is 6.38. The summed E-state index contributed by atoms with van der Waals surface area (Å²) >= 11 is 0. The number of likely N-dealkylation sites (N-methyl/N-ethyl adjacent to an activating group) is 1. The van der Waals surface area contributed by atoms with Crippen LogP contribution < -0.4 is 4.74 Å². The highest BCUT2D eigenvalue weighted by Crippen LogP contribution is 2.25. The summed E-state index contributed by atoms with van der Waals surface area (Å²) in [5.74, 6) is 0.139. The lowest BCUT2D eigenvalue weighted by molar-refractivity contribution is -0.142. The largest absolute Gasteiger partial charge is 0.496 e. The minimum absolute atomic E-state index is 0.363. The normalized spacial score (nSPS) is 12.2. The number of carbonyl (C=O) groups is 1. The maximum atomic E-state index is 12.1. The third kappa shape index (κ3) is 5.49. The van der Waals surface area contributed by atoms with Crippen molar-refractivity contribution in [2.75, 3.05) is 20.7 Å². The minimum Gasteiger partial charge on any atom is -0.496 e. The summed E-state index contributed by atoms with van der Waals surface area (Å²) < 4.78 is 41.6. The lowest BCUT2D eigenvalue weighted by atomic mass is 10.1. The number of hydrogen-bond acceptors (Lipinski definition) is 2. The number of halogens is 3. The van der Waals surface area contributed by atoms with Gasteiger partial charge in [0.25, 0.3) is 0 Å². The van der Waals surface area contributed by atoms with Crippen molar-refractivity contribution >= 4 is 11.5 Å². The molecule has 0 heterocycles. The molecule has 0 radical (unpaired) electrons. The van der Waals surface area contributed by atoms with Crippen molar-refractivity contribution < 1.29 is 22.7 Å². The number of methoxy groups -OCH3 is 1.